The van der Waals surface area contributed by atoms with E-state index < -0.39 is 0 Å². The fraction of sp³-hybridized carbons (Fsp3) is 0.143. The molecule has 1 amide bonds. The molecule has 5 heteroatoms. The second-order valence-electron chi connectivity index (χ2n) is 7.81. The second-order valence-corrected chi connectivity index (χ2v) is 7.81. The van der Waals surface area contributed by atoms with Crippen molar-refractivity contribution >= 4 is 17.4 Å². The van der Waals surface area contributed by atoms with Crippen LogP contribution in [0.5, 0.6) is 5.75 Å². The van der Waals surface area contributed by atoms with Gasteiger partial charge >= 0.3 is 0 Å². The first-order chi connectivity index (χ1) is 16.1. The van der Waals surface area contributed by atoms with Gasteiger partial charge < -0.3 is 15.0 Å². The van der Waals surface area contributed by atoms with Gasteiger partial charge in [-0.25, -0.2) is 4.98 Å². The maximum Gasteiger partial charge on any atom is 0.255 e. The van der Waals surface area contributed by atoms with Crippen molar-refractivity contribution in [1.82, 2.24) is 4.98 Å². The molecule has 0 spiro atoms. The van der Waals surface area contributed by atoms with Crippen molar-refractivity contribution in [2.75, 3.05) is 17.3 Å². The quantitative estimate of drug-likeness (QED) is 0.375. The van der Waals surface area contributed by atoms with Gasteiger partial charge in [0, 0.05) is 18.7 Å². The number of methoxy groups -OCH3 is 1. The molecule has 0 fully saturated rings. The third-order valence-electron chi connectivity index (χ3n) is 5.43. The number of ether oxygens (including phenoxy) is 1. The van der Waals surface area contributed by atoms with Crippen molar-refractivity contribution in [2.45, 2.75) is 20.0 Å². The third kappa shape index (κ3) is 5.77. The molecule has 33 heavy (non-hydrogen) atoms. The Kier molecular flexibility index (Phi) is 7.00. The Morgan fingerprint density at radius 2 is 1.39 bits per heavy atom. The summed E-state index contributed by atoms with van der Waals surface area (Å²) in [6, 6.07) is 31.6. The minimum Gasteiger partial charge on any atom is -0.497 e. The fourth-order valence-corrected chi connectivity index (χ4v) is 3.62. The first-order valence-electron chi connectivity index (χ1n) is 10.9. The normalized spacial score (nSPS) is 10.5. The van der Waals surface area contributed by atoms with Crippen molar-refractivity contribution in [2.24, 2.45) is 0 Å². The van der Waals surface area contributed by atoms with Crippen LogP contribution < -0.4 is 15.0 Å². The van der Waals surface area contributed by atoms with E-state index in [1.807, 2.05) is 55.5 Å². The predicted octanol–water partition coefficient (Wildman–Crippen LogP) is 5.86. The van der Waals surface area contributed by atoms with Gasteiger partial charge in [0.1, 0.15) is 11.6 Å². The largest absolute Gasteiger partial charge is 0.497 e. The van der Waals surface area contributed by atoms with Gasteiger partial charge in [-0.2, -0.15) is 0 Å². The second kappa shape index (κ2) is 10.5. The molecule has 0 radical (unpaired) electrons. The summed E-state index contributed by atoms with van der Waals surface area (Å²) < 4.78 is 5.16. The van der Waals surface area contributed by atoms with Gasteiger partial charge in [0.25, 0.3) is 5.91 Å². The van der Waals surface area contributed by atoms with E-state index in [9.17, 15) is 4.79 Å². The molecule has 0 saturated heterocycles. The van der Waals surface area contributed by atoms with E-state index in [4.69, 9.17) is 9.72 Å². The molecule has 4 aromatic rings. The average Bonchev–Trinajstić information content (AvgIpc) is 2.86. The number of hydrogen-bond acceptors (Lipinski definition) is 4. The van der Waals surface area contributed by atoms with Gasteiger partial charge in [-0.1, -0.05) is 60.7 Å². The van der Waals surface area contributed by atoms with Crippen LogP contribution in [0.25, 0.3) is 0 Å². The predicted molar refractivity (Wildman–Crippen MR) is 133 cm³/mol. The number of nitrogens with zero attached hydrogens (tertiary/aromatic N) is 2. The molecule has 0 aliphatic carbocycles. The zero-order chi connectivity index (χ0) is 23.0. The molecule has 4 rings (SSSR count). The summed E-state index contributed by atoms with van der Waals surface area (Å²) in [6.07, 6.45) is 0. The van der Waals surface area contributed by atoms with Crippen LogP contribution in [0.3, 0.4) is 0 Å². The molecule has 0 aliphatic rings. The maximum absolute atomic E-state index is 12.7. The number of nitrogens with one attached hydrogen (secondary N) is 1. The summed E-state index contributed by atoms with van der Waals surface area (Å²) in [5, 5.41) is 2.97. The van der Waals surface area contributed by atoms with Crippen molar-refractivity contribution in [3.63, 3.8) is 0 Å². The first kappa shape index (κ1) is 22.1. The van der Waals surface area contributed by atoms with Crippen LogP contribution >= 0.6 is 0 Å². The van der Waals surface area contributed by atoms with Crippen LogP contribution in [-0.4, -0.2) is 18.0 Å². The van der Waals surface area contributed by atoms with Gasteiger partial charge in [0.05, 0.1) is 18.5 Å². The molecule has 0 saturated carbocycles. The smallest absolute Gasteiger partial charge is 0.255 e. The number of aryl methyl sites for hydroxylation is 1. The topological polar surface area (TPSA) is 54.5 Å². The number of pyridine rings is 1. The highest BCUT2D eigenvalue weighted by Crippen LogP contribution is 2.23. The van der Waals surface area contributed by atoms with E-state index in [-0.39, 0.29) is 5.91 Å². The Morgan fingerprint density at radius 1 is 0.818 bits per heavy atom. The fourth-order valence-electron chi connectivity index (χ4n) is 3.62. The molecule has 1 N–H and O–H groups in total. The molecule has 1 heterocycles. The van der Waals surface area contributed by atoms with Gasteiger partial charge in [-0.05, 0) is 54.4 Å². The van der Waals surface area contributed by atoms with E-state index >= 15 is 0 Å². The van der Waals surface area contributed by atoms with Crippen LogP contribution in [0.1, 0.15) is 27.2 Å². The number of rotatable bonds is 8. The molecule has 3 aromatic carbocycles. The molecular formula is C28H27N3O2. The molecule has 0 aliphatic heterocycles. The number of aromatic nitrogens is 1. The Bertz CT molecular complexity index is 1150. The van der Waals surface area contributed by atoms with Crippen LogP contribution in [0.2, 0.25) is 0 Å². The Balaban J connectivity index is 1.54. The lowest BCUT2D eigenvalue weighted by Crippen LogP contribution is -2.23. The lowest BCUT2D eigenvalue weighted by atomic mass is 10.1. The molecule has 0 atom stereocenters. The molecule has 0 bridgehead atoms. The molecule has 0 unspecified atom stereocenters. The molecule has 166 valence electrons. The van der Waals surface area contributed by atoms with E-state index in [2.05, 4.69) is 34.5 Å². The number of amides is 1. The monoisotopic (exact) mass is 437 g/mol. The minimum absolute atomic E-state index is 0.180. The summed E-state index contributed by atoms with van der Waals surface area (Å²) >= 11 is 0. The lowest BCUT2D eigenvalue weighted by Gasteiger charge is -2.25. The standard InChI is InChI=1S/C28H27N3O2/c1-21-26(30-28(32)24-13-15-25(33-2)16-14-24)17-18-27(29-21)31(19-22-9-5-3-6-10-22)20-23-11-7-4-8-12-23/h3-18H,19-20H2,1-2H3,(H,30,32). The number of anilines is 2. The highest BCUT2D eigenvalue weighted by atomic mass is 16.5. The Hall–Kier alpha value is -4.12. The van der Waals surface area contributed by atoms with Crippen LogP contribution in [-0.2, 0) is 13.1 Å². The van der Waals surface area contributed by atoms with Gasteiger partial charge in [0.15, 0.2) is 0 Å². The van der Waals surface area contributed by atoms with Crippen LogP contribution in [0, 0.1) is 6.92 Å². The zero-order valence-electron chi connectivity index (χ0n) is 18.9. The van der Waals surface area contributed by atoms with Crippen LogP contribution in [0.15, 0.2) is 97.1 Å². The van der Waals surface area contributed by atoms with Crippen molar-refractivity contribution in [1.29, 1.82) is 0 Å². The molecule has 5 nitrogen and oxygen atoms in total. The summed E-state index contributed by atoms with van der Waals surface area (Å²) in [5.74, 6) is 1.40. The van der Waals surface area contributed by atoms with E-state index in [1.165, 1.54) is 11.1 Å². The van der Waals surface area contributed by atoms with Gasteiger partial charge in [-0.3, -0.25) is 4.79 Å². The van der Waals surface area contributed by atoms with Crippen LogP contribution in [0.4, 0.5) is 11.5 Å². The summed E-state index contributed by atoms with van der Waals surface area (Å²) in [6.45, 7) is 3.38. The number of carbonyl (C=O) groups excluding carboxylic acids is 1. The molecule has 1 aromatic heterocycles. The van der Waals surface area contributed by atoms with Crippen molar-refractivity contribution < 1.29 is 9.53 Å². The summed E-state index contributed by atoms with van der Waals surface area (Å²) in [7, 11) is 1.60. The first-order valence-corrected chi connectivity index (χ1v) is 10.9. The highest BCUT2D eigenvalue weighted by Gasteiger charge is 2.14. The minimum atomic E-state index is -0.180. The summed E-state index contributed by atoms with van der Waals surface area (Å²) in [5.41, 5.74) is 4.45. The lowest BCUT2D eigenvalue weighted by molar-refractivity contribution is 0.102. The number of carbonyl (C=O) groups is 1. The van der Waals surface area contributed by atoms with E-state index in [0.717, 1.165) is 24.6 Å². The SMILES string of the molecule is COc1ccc(C(=O)Nc2ccc(N(Cc3ccccc3)Cc3ccccc3)nc2C)cc1. The van der Waals surface area contributed by atoms with E-state index in [1.54, 1.807) is 31.4 Å². The maximum atomic E-state index is 12.7. The van der Waals surface area contributed by atoms with E-state index in [0.29, 0.717) is 17.0 Å². The average molecular weight is 438 g/mol. The highest BCUT2D eigenvalue weighted by molar-refractivity contribution is 6.04. The third-order valence-corrected chi connectivity index (χ3v) is 5.43. The van der Waals surface area contributed by atoms with Gasteiger partial charge in [0.2, 0.25) is 0 Å². The number of benzene rings is 3. The van der Waals surface area contributed by atoms with Gasteiger partial charge in [-0.15, -0.1) is 0 Å². The Labute approximate surface area is 194 Å². The molecular weight excluding hydrogens is 410 g/mol. The Morgan fingerprint density at radius 3 is 1.91 bits per heavy atom. The van der Waals surface area contributed by atoms with Crippen molar-refractivity contribution in [3.05, 3.63) is 119 Å². The zero-order valence-corrected chi connectivity index (χ0v) is 18.9. The summed E-state index contributed by atoms with van der Waals surface area (Å²) in [4.78, 5) is 19.8. The number of hydrogen-bond donors (Lipinski definition) is 1. The van der Waals surface area contributed by atoms with Crippen molar-refractivity contribution in [3.8, 4) is 5.75 Å².